The molecule has 280 valence electrons. The van der Waals surface area contributed by atoms with Crippen molar-refractivity contribution < 1.29 is 27.8 Å². The second-order valence-corrected chi connectivity index (χ2v) is 13.3. The summed E-state index contributed by atoms with van der Waals surface area (Å²) in [5.41, 5.74) is -0.556. The lowest BCUT2D eigenvalue weighted by atomic mass is 9.84. The van der Waals surface area contributed by atoms with Gasteiger partial charge in [0.05, 0.1) is 18.7 Å². The zero-order chi connectivity index (χ0) is 38.0. The SMILES string of the molecule is CC[C@@H]([C@H](C)O)n1cnc(-c2ccc(N3CCN(c4ccc(-c5ccc(C(F)(F)[C@](O)(Cn6cnnn6)c6ccc(F)cc6F)nc5)cc4)CC3)cc2)n1. The molecule has 0 radical (unpaired) electrons. The van der Waals surface area contributed by atoms with Gasteiger partial charge in [-0.15, -0.1) is 5.10 Å². The van der Waals surface area contributed by atoms with Crippen molar-refractivity contribution in [1.82, 2.24) is 40.0 Å². The fraction of sp³-hybridized carbons (Fsp3) is 0.316. The first-order chi connectivity index (χ1) is 26.0. The fourth-order valence-electron chi connectivity index (χ4n) is 6.85. The third-order valence-electron chi connectivity index (χ3n) is 9.92. The lowest BCUT2D eigenvalue weighted by Gasteiger charge is -2.37. The average molecular weight is 743 g/mol. The molecule has 0 saturated carbocycles. The molecule has 0 bridgehead atoms. The van der Waals surface area contributed by atoms with Crippen LogP contribution >= 0.6 is 0 Å². The van der Waals surface area contributed by atoms with Crippen molar-refractivity contribution in [3.8, 4) is 22.5 Å². The molecule has 4 heterocycles. The van der Waals surface area contributed by atoms with Crippen LogP contribution in [-0.4, -0.2) is 82.5 Å². The minimum absolute atomic E-state index is 0.127. The van der Waals surface area contributed by atoms with E-state index in [1.165, 1.54) is 12.3 Å². The molecule has 0 amide bonds. The van der Waals surface area contributed by atoms with E-state index in [-0.39, 0.29) is 6.04 Å². The zero-order valence-electron chi connectivity index (χ0n) is 29.5. The number of hydrogen-bond acceptors (Lipinski definition) is 10. The third kappa shape index (κ3) is 7.13. The monoisotopic (exact) mass is 742 g/mol. The molecule has 0 aliphatic carbocycles. The fourth-order valence-corrected chi connectivity index (χ4v) is 6.85. The molecule has 1 fully saturated rings. The summed E-state index contributed by atoms with van der Waals surface area (Å²) in [7, 11) is 0. The standard InChI is InChI=1S/C38H38F4N10O2/c1-3-34(25(2)53)52-23-44-36(46-52)27-6-12-31(13-7-27)50-18-16-49(17-19-50)30-10-4-26(5-11-30)28-8-15-35(43-21-28)38(41,42)37(54,22-51-24-45-47-48-51)32-14-9-29(39)20-33(32)40/h4-15,20-21,23-25,34,53-54H,3,16-19,22H2,1-2H3/t25-,34-,37-/m0/s1. The van der Waals surface area contributed by atoms with Crippen LogP contribution in [0.4, 0.5) is 28.9 Å². The molecule has 3 aromatic carbocycles. The summed E-state index contributed by atoms with van der Waals surface area (Å²) in [6, 6.07) is 20.2. The summed E-state index contributed by atoms with van der Waals surface area (Å²) in [5, 5.41) is 36.4. The summed E-state index contributed by atoms with van der Waals surface area (Å²) in [6.45, 7) is 6.02. The Labute approximate surface area is 308 Å². The first kappa shape index (κ1) is 36.6. The Morgan fingerprint density at radius 1 is 0.796 bits per heavy atom. The van der Waals surface area contributed by atoms with Gasteiger partial charge in [-0.1, -0.05) is 25.1 Å². The van der Waals surface area contributed by atoms with Crippen molar-refractivity contribution in [2.45, 2.75) is 50.5 Å². The van der Waals surface area contributed by atoms with Crippen LogP contribution in [-0.2, 0) is 18.1 Å². The molecule has 6 aromatic rings. The predicted molar refractivity (Wildman–Crippen MR) is 193 cm³/mol. The number of aromatic nitrogens is 8. The maximum Gasteiger partial charge on any atom is 0.323 e. The Kier molecular flexibility index (Phi) is 10.1. The minimum Gasteiger partial charge on any atom is -0.391 e. The second-order valence-electron chi connectivity index (χ2n) is 13.3. The van der Waals surface area contributed by atoms with Gasteiger partial charge in [0.1, 0.15) is 30.0 Å². The molecule has 1 aliphatic heterocycles. The van der Waals surface area contributed by atoms with E-state index < -0.39 is 47.1 Å². The van der Waals surface area contributed by atoms with E-state index in [4.69, 9.17) is 0 Å². The third-order valence-corrected chi connectivity index (χ3v) is 9.92. The summed E-state index contributed by atoms with van der Waals surface area (Å²) in [5.74, 6) is -5.87. The molecule has 12 nitrogen and oxygen atoms in total. The largest absolute Gasteiger partial charge is 0.391 e. The van der Waals surface area contributed by atoms with Crippen molar-refractivity contribution in [2.75, 3.05) is 36.0 Å². The van der Waals surface area contributed by atoms with E-state index >= 15 is 8.78 Å². The Morgan fingerprint density at radius 3 is 1.96 bits per heavy atom. The molecule has 0 spiro atoms. The van der Waals surface area contributed by atoms with Gasteiger partial charge in [-0.25, -0.2) is 23.1 Å². The zero-order valence-corrected chi connectivity index (χ0v) is 29.5. The lowest BCUT2D eigenvalue weighted by molar-refractivity contribution is -0.207. The van der Waals surface area contributed by atoms with E-state index in [0.29, 0.717) is 17.5 Å². The van der Waals surface area contributed by atoms with Gasteiger partial charge in [-0.05, 0) is 83.9 Å². The quantitative estimate of drug-likeness (QED) is 0.153. The summed E-state index contributed by atoms with van der Waals surface area (Å²) >= 11 is 0. The van der Waals surface area contributed by atoms with Crippen LogP contribution in [0.25, 0.3) is 22.5 Å². The van der Waals surface area contributed by atoms with Crippen LogP contribution < -0.4 is 9.80 Å². The smallest absolute Gasteiger partial charge is 0.323 e. The van der Waals surface area contributed by atoms with E-state index in [9.17, 15) is 19.0 Å². The maximum absolute atomic E-state index is 16.2. The highest BCUT2D eigenvalue weighted by atomic mass is 19.3. The number of pyridine rings is 1. The molecule has 16 heteroatoms. The number of aliphatic hydroxyl groups is 2. The highest BCUT2D eigenvalue weighted by Gasteiger charge is 2.58. The number of anilines is 2. The number of aliphatic hydroxyl groups excluding tert-OH is 1. The van der Waals surface area contributed by atoms with E-state index in [1.807, 2.05) is 43.3 Å². The van der Waals surface area contributed by atoms with Crippen LogP contribution in [0.3, 0.4) is 0 Å². The Balaban J connectivity index is 0.998. The van der Waals surface area contributed by atoms with Crippen molar-refractivity contribution in [3.63, 3.8) is 0 Å². The predicted octanol–water partition coefficient (Wildman–Crippen LogP) is 5.61. The number of piperazine rings is 1. The normalized spacial score (nSPS) is 15.9. The Bertz CT molecular complexity index is 2160. The molecule has 54 heavy (non-hydrogen) atoms. The Morgan fingerprint density at radius 2 is 1.43 bits per heavy atom. The van der Waals surface area contributed by atoms with Crippen LogP contribution in [0.5, 0.6) is 0 Å². The number of alkyl halides is 2. The summed E-state index contributed by atoms with van der Waals surface area (Å²) in [6.07, 6.45) is 4.15. The number of nitrogens with zero attached hydrogens (tertiary/aromatic N) is 10. The average Bonchev–Trinajstić information content (AvgIpc) is 3.88. The molecule has 3 atom stereocenters. The van der Waals surface area contributed by atoms with E-state index in [0.717, 1.165) is 84.3 Å². The van der Waals surface area contributed by atoms with E-state index in [2.05, 4.69) is 52.5 Å². The van der Waals surface area contributed by atoms with Gasteiger partial charge in [0.2, 0.25) is 0 Å². The summed E-state index contributed by atoms with van der Waals surface area (Å²) < 4.78 is 63.4. The first-order valence-corrected chi connectivity index (χ1v) is 17.5. The topological polar surface area (TPSA) is 134 Å². The summed E-state index contributed by atoms with van der Waals surface area (Å²) in [4.78, 5) is 13.0. The highest BCUT2D eigenvalue weighted by Crippen LogP contribution is 2.47. The van der Waals surface area contributed by atoms with Crippen LogP contribution in [0.15, 0.2) is 97.7 Å². The van der Waals surface area contributed by atoms with Crippen molar-refractivity contribution in [3.05, 3.63) is 121 Å². The van der Waals surface area contributed by atoms with Crippen molar-refractivity contribution >= 4 is 11.4 Å². The molecular weight excluding hydrogens is 704 g/mol. The molecule has 3 aromatic heterocycles. The minimum atomic E-state index is -4.15. The van der Waals surface area contributed by atoms with Crippen molar-refractivity contribution in [1.29, 1.82) is 0 Å². The van der Waals surface area contributed by atoms with Crippen LogP contribution in [0.2, 0.25) is 0 Å². The van der Waals surface area contributed by atoms with Gasteiger partial charge >= 0.3 is 5.92 Å². The van der Waals surface area contributed by atoms with Gasteiger partial charge in [0, 0.05) is 66.5 Å². The van der Waals surface area contributed by atoms with Gasteiger partial charge in [-0.2, -0.15) is 13.9 Å². The Hall–Kier alpha value is -5.74. The number of benzene rings is 3. The van der Waals surface area contributed by atoms with E-state index in [1.54, 1.807) is 17.9 Å². The molecule has 1 aliphatic rings. The maximum atomic E-state index is 16.2. The number of halogens is 4. The van der Waals surface area contributed by atoms with Crippen LogP contribution in [0, 0.1) is 11.6 Å². The van der Waals surface area contributed by atoms with Gasteiger partial charge < -0.3 is 20.0 Å². The number of rotatable bonds is 12. The second kappa shape index (κ2) is 14.9. The molecule has 2 N–H and O–H groups in total. The number of hydrogen-bond donors (Lipinski definition) is 2. The highest BCUT2D eigenvalue weighted by molar-refractivity contribution is 5.66. The van der Waals surface area contributed by atoms with Gasteiger partial charge in [0.15, 0.2) is 11.4 Å². The molecule has 0 unspecified atom stereocenters. The van der Waals surface area contributed by atoms with Gasteiger partial charge in [0.25, 0.3) is 0 Å². The number of tetrazole rings is 1. The van der Waals surface area contributed by atoms with Gasteiger partial charge in [-0.3, -0.25) is 4.98 Å². The molecule has 7 rings (SSSR count). The first-order valence-electron chi connectivity index (χ1n) is 17.5. The van der Waals surface area contributed by atoms with Crippen molar-refractivity contribution in [2.24, 2.45) is 0 Å². The molecular formula is C38H38F4N10O2. The lowest BCUT2D eigenvalue weighted by Crippen LogP contribution is -2.48. The van der Waals surface area contributed by atoms with Crippen LogP contribution in [0.1, 0.15) is 37.6 Å². The molecule has 1 saturated heterocycles.